The minimum absolute atomic E-state index is 0.116. The van der Waals surface area contributed by atoms with E-state index in [1.165, 1.54) is 13.2 Å². The Kier molecular flexibility index (Phi) is 3.44. The van der Waals surface area contributed by atoms with Crippen molar-refractivity contribution >= 4 is 0 Å². The van der Waals surface area contributed by atoms with Crippen LogP contribution >= 0.6 is 0 Å². The second kappa shape index (κ2) is 3.89. The molecular formula is C7H9FO. The molecule has 0 aromatic rings. The molecular weight excluding hydrogens is 119 g/mol. The minimum Gasteiger partial charge on any atom is -0.494 e. The van der Waals surface area contributed by atoms with Gasteiger partial charge in [-0.05, 0) is 12.2 Å². The van der Waals surface area contributed by atoms with Gasteiger partial charge in [-0.25, -0.2) is 4.39 Å². The highest BCUT2D eigenvalue weighted by Gasteiger charge is 1.95. The van der Waals surface area contributed by atoms with E-state index in [1.54, 1.807) is 0 Å². The van der Waals surface area contributed by atoms with Gasteiger partial charge in [-0.2, -0.15) is 0 Å². The van der Waals surface area contributed by atoms with Gasteiger partial charge in [-0.15, -0.1) is 0 Å². The summed E-state index contributed by atoms with van der Waals surface area (Å²) in [5, 5.41) is 0. The second-order valence-corrected chi connectivity index (χ2v) is 1.32. The monoisotopic (exact) mass is 128 g/mol. The van der Waals surface area contributed by atoms with E-state index in [0.717, 1.165) is 6.08 Å². The Labute approximate surface area is 54.1 Å². The van der Waals surface area contributed by atoms with E-state index in [9.17, 15) is 4.39 Å². The second-order valence-electron chi connectivity index (χ2n) is 1.32. The summed E-state index contributed by atoms with van der Waals surface area (Å²) in [5.41, 5.74) is 0. The van der Waals surface area contributed by atoms with E-state index in [4.69, 9.17) is 0 Å². The van der Waals surface area contributed by atoms with Crippen molar-refractivity contribution in [3.63, 3.8) is 0 Å². The van der Waals surface area contributed by atoms with Gasteiger partial charge in [0.1, 0.15) is 0 Å². The zero-order valence-corrected chi connectivity index (χ0v) is 5.36. The van der Waals surface area contributed by atoms with Crippen LogP contribution in [0.5, 0.6) is 0 Å². The molecule has 0 aliphatic rings. The van der Waals surface area contributed by atoms with E-state index in [2.05, 4.69) is 17.9 Å². The van der Waals surface area contributed by atoms with Gasteiger partial charge in [0, 0.05) is 0 Å². The summed E-state index contributed by atoms with van der Waals surface area (Å²) < 4.78 is 16.9. The maximum atomic E-state index is 12.4. The summed E-state index contributed by atoms with van der Waals surface area (Å²) in [7, 11) is 1.38. The molecule has 0 N–H and O–H groups in total. The quantitative estimate of drug-likeness (QED) is 0.418. The van der Waals surface area contributed by atoms with Crippen LogP contribution in [0, 0.1) is 0 Å². The Morgan fingerprint density at radius 1 is 1.44 bits per heavy atom. The Morgan fingerprint density at radius 2 is 2.00 bits per heavy atom. The first kappa shape index (κ1) is 7.95. The first-order valence-electron chi connectivity index (χ1n) is 2.45. The van der Waals surface area contributed by atoms with Gasteiger partial charge in [-0.1, -0.05) is 13.2 Å². The van der Waals surface area contributed by atoms with Crippen molar-refractivity contribution in [2.75, 3.05) is 7.11 Å². The third kappa shape index (κ3) is 2.13. The van der Waals surface area contributed by atoms with Crippen molar-refractivity contribution in [2.45, 2.75) is 0 Å². The number of ether oxygens (including phenoxy) is 1. The molecule has 0 radical (unpaired) electrons. The lowest BCUT2D eigenvalue weighted by Gasteiger charge is -1.97. The van der Waals surface area contributed by atoms with Crippen LogP contribution < -0.4 is 0 Å². The van der Waals surface area contributed by atoms with Gasteiger partial charge < -0.3 is 4.74 Å². The molecule has 0 bridgehead atoms. The minimum atomic E-state index is -0.493. The Morgan fingerprint density at radius 3 is 2.11 bits per heavy atom. The van der Waals surface area contributed by atoms with E-state index < -0.39 is 5.83 Å². The Balaban J connectivity index is 4.36. The van der Waals surface area contributed by atoms with Crippen LogP contribution in [-0.2, 0) is 4.74 Å². The molecule has 0 saturated carbocycles. The predicted molar refractivity (Wildman–Crippen MR) is 35.5 cm³/mol. The molecule has 1 nitrogen and oxygen atoms in total. The van der Waals surface area contributed by atoms with Crippen molar-refractivity contribution in [2.24, 2.45) is 0 Å². The molecule has 0 spiro atoms. The molecule has 0 aliphatic carbocycles. The van der Waals surface area contributed by atoms with E-state index >= 15 is 0 Å². The average molecular weight is 128 g/mol. The van der Waals surface area contributed by atoms with Crippen molar-refractivity contribution < 1.29 is 9.13 Å². The number of halogens is 1. The molecule has 0 unspecified atom stereocenters. The van der Waals surface area contributed by atoms with Crippen LogP contribution in [0.2, 0.25) is 0 Å². The zero-order chi connectivity index (χ0) is 7.28. The van der Waals surface area contributed by atoms with E-state index in [0.29, 0.717) is 0 Å². The van der Waals surface area contributed by atoms with Gasteiger partial charge in [-0.3, -0.25) is 0 Å². The molecule has 0 aromatic carbocycles. The van der Waals surface area contributed by atoms with Gasteiger partial charge in [0.15, 0.2) is 11.6 Å². The van der Waals surface area contributed by atoms with Gasteiger partial charge >= 0.3 is 0 Å². The lowest BCUT2D eigenvalue weighted by Crippen LogP contribution is -1.82. The summed E-state index contributed by atoms with van der Waals surface area (Å²) in [4.78, 5) is 0. The topological polar surface area (TPSA) is 9.23 Å². The molecule has 50 valence electrons. The molecule has 0 atom stereocenters. The highest BCUT2D eigenvalue weighted by Crippen LogP contribution is 2.07. The third-order valence-corrected chi connectivity index (χ3v) is 0.820. The van der Waals surface area contributed by atoms with Gasteiger partial charge in [0.05, 0.1) is 7.11 Å². The lowest BCUT2D eigenvalue weighted by molar-refractivity contribution is 0.293. The molecule has 0 amide bonds. The molecule has 0 rings (SSSR count). The smallest absolute Gasteiger partial charge is 0.164 e. The molecule has 2 heteroatoms. The Bertz CT molecular complexity index is 147. The van der Waals surface area contributed by atoms with Crippen LogP contribution in [0.25, 0.3) is 0 Å². The molecule has 9 heavy (non-hydrogen) atoms. The van der Waals surface area contributed by atoms with Crippen LogP contribution in [0.1, 0.15) is 0 Å². The normalized spacial score (nSPS) is 11.8. The number of hydrogen-bond acceptors (Lipinski definition) is 1. The molecule has 0 saturated heterocycles. The third-order valence-electron chi connectivity index (χ3n) is 0.820. The average Bonchev–Trinajstić information content (AvgIpc) is 1.90. The number of allylic oxidation sites excluding steroid dienone is 3. The van der Waals surface area contributed by atoms with Crippen molar-refractivity contribution in [3.8, 4) is 0 Å². The number of rotatable bonds is 3. The summed E-state index contributed by atoms with van der Waals surface area (Å²) >= 11 is 0. The van der Waals surface area contributed by atoms with Crippen molar-refractivity contribution in [3.05, 3.63) is 36.9 Å². The molecule has 0 fully saturated rings. The first-order valence-corrected chi connectivity index (χ1v) is 2.45. The van der Waals surface area contributed by atoms with E-state index in [-0.39, 0.29) is 5.76 Å². The number of methoxy groups -OCH3 is 1. The van der Waals surface area contributed by atoms with E-state index in [1.807, 2.05) is 0 Å². The molecule has 0 aliphatic heterocycles. The summed E-state index contributed by atoms with van der Waals surface area (Å²) in [6.45, 7) is 6.55. The van der Waals surface area contributed by atoms with Crippen LogP contribution in [-0.4, -0.2) is 7.11 Å². The predicted octanol–water partition coefficient (Wildman–Crippen LogP) is 2.19. The maximum absolute atomic E-state index is 12.4. The summed E-state index contributed by atoms with van der Waals surface area (Å²) in [5.74, 6) is -0.377. The maximum Gasteiger partial charge on any atom is 0.164 e. The van der Waals surface area contributed by atoms with Crippen LogP contribution in [0.3, 0.4) is 0 Å². The van der Waals surface area contributed by atoms with Gasteiger partial charge in [0.2, 0.25) is 0 Å². The summed E-state index contributed by atoms with van der Waals surface area (Å²) in [6, 6.07) is 0. The van der Waals surface area contributed by atoms with Crippen molar-refractivity contribution in [1.82, 2.24) is 0 Å². The highest BCUT2D eigenvalue weighted by atomic mass is 19.1. The fourth-order valence-electron chi connectivity index (χ4n) is 0.379. The first-order chi connectivity index (χ1) is 4.26. The van der Waals surface area contributed by atoms with Crippen LogP contribution in [0.4, 0.5) is 4.39 Å². The lowest BCUT2D eigenvalue weighted by atomic mass is 10.4. The van der Waals surface area contributed by atoms with Crippen LogP contribution in [0.15, 0.2) is 36.9 Å². The van der Waals surface area contributed by atoms with Crippen molar-refractivity contribution in [1.29, 1.82) is 0 Å². The highest BCUT2D eigenvalue weighted by molar-refractivity contribution is 5.20. The standard InChI is InChI=1S/C7H9FO/c1-4-6(8)7(5-2)9-3/h4-5H,1-2H2,3H3/b7-6-. The largest absolute Gasteiger partial charge is 0.494 e. The number of hydrogen-bond donors (Lipinski definition) is 0. The molecule has 0 aromatic heterocycles. The fraction of sp³-hybridized carbons (Fsp3) is 0.143. The SMILES string of the molecule is C=C/C(F)=C(\C=C)OC. The fourth-order valence-corrected chi connectivity index (χ4v) is 0.379. The zero-order valence-electron chi connectivity index (χ0n) is 5.36. The molecule has 0 heterocycles. The summed E-state index contributed by atoms with van der Waals surface area (Å²) in [6.07, 6.45) is 2.36. The van der Waals surface area contributed by atoms with Gasteiger partial charge in [0.25, 0.3) is 0 Å². The Hall–Kier alpha value is -1.05.